The van der Waals surface area contributed by atoms with Gasteiger partial charge in [-0.05, 0) is 48.8 Å². The highest BCUT2D eigenvalue weighted by molar-refractivity contribution is 7.80. The molecule has 4 N–H and O–H groups in total. The number of aryl methyl sites for hydroxylation is 1. The molecule has 0 spiro atoms. The van der Waals surface area contributed by atoms with E-state index < -0.39 is 5.97 Å². The van der Waals surface area contributed by atoms with E-state index in [9.17, 15) is 9.90 Å². The number of benzene rings is 2. The van der Waals surface area contributed by atoms with Gasteiger partial charge in [-0.15, -0.1) is 0 Å². The van der Waals surface area contributed by atoms with E-state index in [0.717, 1.165) is 12.8 Å². The fourth-order valence-electron chi connectivity index (χ4n) is 2.10. The molecule has 0 radical (unpaired) electrons. The van der Waals surface area contributed by atoms with E-state index in [-0.39, 0.29) is 11.3 Å². The van der Waals surface area contributed by atoms with E-state index in [1.165, 1.54) is 17.7 Å². The van der Waals surface area contributed by atoms with Gasteiger partial charge < -0.3 is 20.8 Å². The molecule has 0 bridgehead atoms. The van der Waals surface area contributed by atoms with Gasteiger partial charge in [-0.1, -0.05) is 30.3 Å². The first-order chi connectivity index (χ1) is 11.1. The number of nitrogens with one attached hydrogen (secondary N) is 2. The van der Waals surface area contributed by atoms with Gasteiger partial charge in [-0.3, -0.25) is 0 Å². The molecule has 0 aliphatic rings. The smallest absolute Gasteiger partial charge is 0.339 e. The first kappa shape index (κ1) is 16.8. The average Bonchev–Trinajstić information content (AvgIpc) is 2.54. The second-order valence-corrected chi connectivity index (χ2v) is 5.42. The molecule has 23 heavy (non-hydrogen) atoms. The summed E-state index contributed by atoms with van der Waals surface area (Å²) in [5, 5.41) is 24.8. The average molecular weight is 330 g/mol. The fourth-order valence-corrected chi connectivity index (χ4v) is 2.32. The molecule has 120 valence electrons. The molecule has 0 unspecified atom stereocenters. The second kappa shape index (κ2) is 8.14. The minimum Gasteiger partial charge on any atom is -0.507 e. The van der Waals surface area contributed by atoms with Crippen LogP contribution in [-0.2, 0) is 6.42 Å². The number of hydrogen-bond acceptors (Lipinski definition) is 3. The number of aromatic carboxylic acids is 1. The Morgan fingerprint density at radius 3 is 2.57 bits per heavy atom. The number of aromatic hydroxyl groups is 1. The maximum atomic E-state index is 11.0. The monoisotopic (exact) mass is 330 g/mol. The number of thiocarbonyl (C=S) groups is 1. The summed E-state index contributed by atoms with van der Waals surface area (Å²) in [6, 6.07) is 14.4. The van der Waals surface area contributed by atoms with Crippen LogP contribution in [0, 0.1) is 0 Å². The maximum Gasteiger partial charge on any atom is 0.339 e. The number of carboxylic acid groups (broad SMARTS) is 1. The molecule has 2 aromatic rings. The van der Waals surface area contributed by atoms with E-state index in [4.69, 9.17) is 17.3 Å². The Morgan fingerprint density at radius 2 is 1.87 bits per heavy atom. The highest BCUT2D eigenvalue weighted by atomic mass is 32.1. The van der Waals surface area contributed by atoms with Gasteiger partial charge in [0.15, 0.2) is 5.11 Å². The number of carbonyl (C=O) groups is 1. The molecule has 0 aliphatic carbocycles. The van der Waals surface area contributed by atoms with Crippen LogP contribution in [-0.4, -0.2) is 27.8 Å². The minimum absolute atomic E-state index is 0.165. The molecule has 0 heterocycles. The molecule has 0 amide bonds. The molecule has 2 rings (SSSR count). The standard InChI is InChI=1S/C17H18N2O3S/c20-15-9-8-13(11-14(15)16(21)22)19-17(23)18-10-4-7-12-5-2-1-3-6-12/h1-3,5-6,8-9,11,20H,4,7,10H2,(H,21,22)(H2,18,19,23). The Bertz CT molecular complexity index is 689. The second-order valence-electron chi connectivity index (χ2n) is 5.01. The molecule has 0 aliphatic heterocycles. The molecular formula is C17H18N2O3S. The summed E-state index contributed by atoms with van der Waals surface area (Å²) in [5.74, 6) is -1.46. The van der Waals surface area contributed by atoms with Crippen LogP contribution in [0.4, 0.5) is 5.69 Å². The lowest BCUT2D eigenvalue weighted by Crippen LogP contribution is -2.29. The van der Waals surface area contributed by atoms with Crippen LogP contribution in [0.3, 0.4) is 0 Å². The Hall–Kier alpha value is -2.60. The van der Waals surface area contributed by atoms with Gasteiger partial charge in [0.2, 0.25) is 0 Å². The van der Waals surface area contributed by atoms with Crippen molar-refractivity contribution in [3.63, 3.8) is 0 Å². The van der Waals surface area contributed by atoms with Crippen molar-refractivity contribution in [1.82, 2.24) is 5.32 Å². The summed E-state index contributed by atoms with van der Waals surface area (Å²) in [6.45, 7) is 0.713. The lowest BCUT2D eigenvalue weighted by molar-refractivity contribution is 0.0694. The number of phenols is 1. The maximum absolute atomic E-state index is 11.0. The van der Waals surface area contributed by atoms with Crippen LogP contribution >= 0.6 is 12.2 Å². The van der Waals surface area contributed by atoms with Gasteiger partial charge in [0, 0.05) is 12.2 Å². The quantitative estimate of drug-likeness (QED) is 0.370. The predicted molar refractivity (Wildman–Crippen MR) is 94.1 cm³/mol. The first-order valence-corrected chi connectivity index (χ1v) is 7.62. The molecular weight excluding hydrogens is 312 g/mol. The zero-order chi connectivity index (χ0) is 16.7. The Labute approximate surface area is 140 Å². The summed E-state index contributed by atoms with van der Waals surface area (Å²) < 4.78 is 0. The molecule has 0 saturated carbocycles. The van der Waals surface area contributed by atoms with Crippen molar-refractivity contribution >= 4 is 29.0 Å². The lowest BCUT2D eigenvalue weighted by atomic mass is 10.1. The largest absolute Gasteiger partial charge is 0.507 e. The van der Waals surface area contributed by atoms with E-state index in [1.54, 1.807) is 6.07 Å². The summed E-state index contributed by atoms with van der Waals surface area (Å²) in [7, 11) is 0. The first-order valence-electron chi connectivity index (χ1n) is 7.21. The fraction of sp³-hybridized carbons (Fsp3) is 0.176. The highest BCUT2D eigenvalue weighted by Crippen LogP contribution is 2.21. The molecule has 0 atom stereocenters. The molecule has 2 aromatic carbocycles. The van der Waals surface area contributed by atoms with Gasteiger partial charge in [0.25, 0.3) is 0 Å². The third-order valence-corrected chi connectivity index (χ3v) is 3.50. The van der Waals surface area contributed by atoms with Crippen molar-refractivity contribution in [2.45, 2.75) is 12.8 Å². The number of carboxylic acids is 1. The number of hydrogen-bond donors (Lipinski definition) is 4. The molecule has 0 aromatic heterocycles. The zero-order valence-corrected chi connectivity index (χ0v) is 13.3. The number of anilines is 1. The predicted octanol–water partition coefficient (Wildman–Crippen LogP) is 3.01. The Balaban J connectivity index is 1.79. The summed E-state index contributed by atoms with van der Waals surface area (Å²) >= 11 is 5.18. The van der Waals surface area contributed by atoms with Crippen molar-refractivity contribution in [1.29, 1.82) is 0 Å². The summed E-state index contributed by atoms with van der Waals surface area (Å²) in [4.78, 5) is 11.0. The van der Waals surface area contributed by atoms with Gasteiger partial charge in [0.1, 0.15) is 11.3 Å². The van der Waals surface area contributed by atoms with Gasteiger partial charge >= 0.3 is 5.97 Å². The van der Waals surface area contributed by atoms with Crippen LogP contribution in [0.25, 0.3) is 0 Å². The third kappa shape index (κ3) is 5.27. The molecule has 0 fully saturated rings. The van der Waals surface area contributed by atoms with Crippen LogP contribution in [0.5, 0.6) is 5.75 Å². The zero-order valence-electron chi connectivity index (χ0n) is 12.5. The summed E-state index contributed by atoms with van der Waals surface area (Å²) in [5.41, 5.74) is 1.63. The van der Waals surface area contributed by atoms with Crippen molar-refractivity contribution in [2.24, 2.45) is 0 Å². The molecule has 6 heteroatoms. The lowest BCUT2D eigenvalue weighted by Gasteiger charge is -2.11. The van der Waals surface area contributed by atoms with Gasteiger partial charge in [-0.25, -0.2) is 4.79 Å². The van der Waals surface area contributed by atoms with Crippen molar-refractivity contribution < 1.29 is 15.0 Å². The van der Waals surface area contributed by atoms with Crippen molar-refractivity contribution in [2.75, 3.05) is 11.9 Å². The molecule has 0 saturated heterocycles. The highest BCUT2D eigenvalue weighted by Gasteiger charge is 2.10. The number of rotatable bonds is 6. The van der Waals surface area contributed by atoms with Gasteiger partial charge in [0.05, 0.1) is 0 Å². The van der Waals surface area contributed by atoms with E-state index in [0.29, 0.717) is 17.3 Å². The minimum atomic E-state index is -1.19. The third-order valence-electron chi connectivity index (χ3n) is 3.26. The summed E-state index contributed by atoms with van der Waals surface area (Å²) in [6.07, 6.45) is 1.89. The van der Waals surface area contributed by atoms with E-state index >= 15 is 0 Å². The van der Waals surface area contributed by atoms with E-state index in [1.807, 2.05) is 18.2 Å². The normalized spacial score (nSPS) is 10.1. The van der Waals surface area contributed by atoms with Crippen LogP contribution < -0.4 is 10.6 Å². The topological polar surface area (TPSA) is 81.6 Å². The van der Waals surface area contributed by atoms with Crippen molar-refractivity contribution in [3.05, 3.63) is 59.7 Å². The van der Waals surface area contributed by atoms with Crippen LogP contribution in [0.15, 0.2) is 48.5 Å². The Morgan fingerprint density at radius 1 is 1.13 bits per heavy atom. The van der Waals surface area contributed by atoms with Crippen LogP contribution in [0.2, 0.25) is 0 Å². The van der Waals surface area contributed by atoms with Gasteiger partial charge in [-0.2, -0.15) is 0 Å². The Kier molecular flexibility index (Phi) is 5.94. The van der Waals surface area contributed by atoms with Crippen molar-refractivity contribution in [3.8, 4) is 5.75 Å². The van der Waals surface area contributed by atoms with Crippen LogP contribution in [0.1, 0.15) is 22.3 Å². The SMILES string of the molecule is O=C(O)c1cc(NC(=S)NCCCc2ccccc2)ccc1O. The molecule has 5 nitrogen and oxygen atoms in total. The van der Waals surface area contributed by atoms with E-state index in [2.05, 4.69) is 22.8 Å².